The number of hydrogen-bond donors (Lipinski definition) is 2. The molecule has 21 heavy (non-hydrogen) atoms. The van der Waals surface area contributed by atoms with Crippen LogP contribution in [0.4, 0.5) is 23.2 Å². The Kier molecular flexibility index (Phi) is 4.18. The maximum absolute atomic E-state index is 12.9. The quantitative estimate of drug-likeness (QED) is 0.294. The van der Waals surface area contributed by atoms with Crippen LogP contribution in [0.3, 0.4) is 0 Å². The minimum Gasteiger partial charge on any atom is -0.290 e. The lowest BCUT2D eigenvalue weighted by Gasteiger charge is -2.10. The zero-order valence-corrected chi connectivity index (χ0v) is 10.4. The summed E-state index contributed by atoms with van der Waals surface area (Å²) in [6.45, 7) is 0. The topological polar surface area (TPSA) is 57.5 Å². The Morgan fingerprint density at radius 1 is 1.19 bits per heavy atom. The molecule has 0 fully saturated rings. The molecule has 0 amide bonds. The van der Waals surface area contributed by atoms with Gasteiger partial charge in [0.1, 0.15) is 0 Å². The van der Waals surface area contributed by atoms with E-state index in [-0.39, 0.29) is 17.1 Å². The summed E-state index contributed by atoms with van der Waals surface area (Å²) >= 11 is 0. The van der Waals surface area contributed by atoms with Gasteiger partial charge >= 0.3 is 6.18 Å². The zero-order valence-electron chi connectivity index (χ0n) is 10.4. The molecule has 0 saturated carbocycles. The van der Waals surface area contributed by atoms with Crippen LogP contribution in [0.25, 0.3) is 0 Å². The fourth-order valence-corrected chi connectivity index (χ4v) is 1.59. The summed E-state index contributed by atoms with van der Waals surface area (Å²) < 4.78 is 50.8. The third-order valence-corrected chi connectivity index (χ3v) is 2.52. The average molecular weight is 299 g/mol. The van der Waals surface area contributed by atoms with E-state index in [0.717, 1.165) is 24.4 Å². The van der Waals surface area contributed by atoms with E-state index in [4.69, 9.17) is 5.21 Å². The first-order chi connectivity index (χ1) is 9.90. The molecule has 0 aliphatic heterocycles. The van der Waals surface area contributed by atoms with Crippen molar-refractivity contribution >= 4 is 11.5 Å². The number of hydrogen-bond acceptors (Lipinski definition) is 3. The van der Waals surface area contributed by atoms with Gasteiger partial charge in [-0.1, -0.05) is 12.1 Å². The number of nitrogens with zero attached hydrogens (tertiary/aromatic N) is 2. The molecule has 0 spiro atoms. The Morgan fingerprint density at radius 2 is 1.95 bits per heavy atom. The first kappa shape index (κ1) is 14.9. The molecule has 4 nitrogen and oxygen atoms in total. The Hall–Kier alpha value is -2.48. The Bertz CT molecular complexity index is 670. The fourth-order valence-electron chi connectivity index (χ4n) is 1.59. The van der Waals surface area contributed by atoms with Gasteiger partial charge in [0.2, 0.25) is 5.95 Å². The van der Waals surface area contributed by atoms with Crippen molar-refractivity contribution in [2.75, 3.05) is 0 Å². The van der Waals surface area contributed by atoms with Crippen LogP contribution in [-0.2, 0) is 6.18 Å². The minimum atomic E-state index is -4.51. The number of hydroxylamine groups is 1. The number of benzene rings is 1. The standard InChI is InChI=1S/C13H9F4N3O/c14-11-7-10(4-5-18-11)19-12(20-21)8-2-1-3-9(6-8)13(15,16)17/h1-7,21H,(H,18,19,20). The lowest BCUT2D eigenvalue weighted by molar-refractivity contribution is -0.137. The number of nitrogens with one attached hydrogen (secondary N) is 1. The summed E-state index contributed by atoms with van der Waals surface area (Å²) in [5, 5.41) is 9.03. The summed E-state index contributed by atoms with van der Waals surface area (Å²) in [7, 11) is 0. The normalized spacial score (nSPS) is 12.3. The molecule has 2 rings (SSSR count). The van der Waals surface area contributed by atoms with Gasteiger partial charge in [-0.25, -0.2) is 9.98 Å². The van der Waals surface area contributed by atoms with E-state index in [1.807, 2.05) is 0 Å². The van der Waals surface area contributed by atoms with E-state index < -0.39 is 17.7 Å². The first-order valence-electron chi connectivity index (χ1n) is 5.68. The van der Waals surface area contributed by atoms with Crippen molar-refractivity contribution in [2.45, 2.75) is 6.18 Å². The second-order valence-electron chi connectivity index (χ2n) is 3.99. The molecule has 0 aliphatic carbocycles. The van der Waals surface area contributed by atoms with E-state index in [1.165, 1.54) is 18.2 Å². The van der Waals surface area contributed by atoms with Crippen molar-refractivity contribution in [2.24, 2.45) is 4.99 Å². The summed E-state index contributed by atoms with van der Waals surface area (Å²) in [6, 6.07) is 6.54. The first-order valence-corrected chi connectivity index (χ1v) is 5.68. The van der Waals surface area contributed by atoms with Gasteiger partial charge < -0.3 is 0 Å². The Labute approximate surface area is 116 Å². The summed E-state index contributed by atoms with van der Waals surface area (Å²) in [4.78, 5) is 7.16. The Morgan fingerprint density at radius 3 is 2.57 bits per heavy atom. The molecule has 1 aromatic heterocycles. The van der Waals surface area contributed by atoms with Crippen molar-refractivity contribution in [1.29, 1.82) is 0 Å². The van der Waals surface area contributed by atoms with Crippen molar-refractivity contribution in [3.05, 3.63) is 59.7 Å². The number of alkyl halides is 3. The van der Waals surface area contributed by atoms with E-state index in [0.29, 0.717) is 0 Å². The molecule has 1 aromatic carbocycles. The molecule has 0 atom stereocenters. The fraction of sp³-hybridized carbons (Fsp3) is 0.0769. The van der Waals surface area contributed by atoms with Gasteiger partial charge in [0.05, 0.1) is 11.3 Å². The summed E-state index contributed by atoms with van der Waals surface area (Å²) in [6.07, 6.45) is -3.37. The van der Waals surface area contributed by atoms with Gasteiger partial charge in [-0.15, -0.1) is 0 Å². The molecule has 0 unspecified atom stereocenters. The lowest BCUT2D eigenvalue weighted by Crippen LogP contribution is -2.20. The lowest BCUT2D eigenvalue weighted by atomic mass is 10.1. The molecule has 8 heteroatoms. The number of rotatable bonds is 2. The highest BCUT2D eigenvalue weighted by molar-refractivity contribution is 5.99. The Balaban J connectivity index is 2.42. The van der Waals surface area contributed by atoms with Gasteiger partial charge in [0.25, 0.3) is 0 Å². The molecule has 110 valence electrons. The van der Waals surface area contributed by atoms with Crippen molar-refractivity contribution < 1.29 is 22.8 Å². The molecular formula is C13H9F4N3O. The smallest absolute Gasteiger partial charge is 0.290 e. The second kappa shape index (κ2) is 5.88. The van der Waals surface area contributed by atoms with Gasteiger partial charge in [0.15, 0.2) is 5.84 Å². The highest BCUT2D eigenvalue weighted by atomic mass is 19.4. The predicted molar refractivity (Wildman–Crippen MR) is 66.8 cm³/mol. The van der Waals surface area contributed by atoms with Crippen molar-refractivity contribution in [3.63, 3.8) is 0 Å². The molecule has 2 aromatic rings. The zero-order chi connectivity index (χ0) is 15.5. The molecule has 0 bridgehead atoms. The van der Waals surface area contributed by atoms with E-state index in [2.05, 4.69) is 9.98 Å². The number of halogens is 4. The van der Waals surface area contributed by atoms with E-state index in [9.17, 15) is 17.6 Å². The minimum absolute atomic E-state index is 0.00421. The highest BCUT2D eigenvalue weighted by Gasteiger charge is 2.30. The van der Waals surface area contributed by atoms with Gasteiger partial charge in [0, 0.05) is 17.8 Å². The largest absolute Gasteiger partial charge is 0.416 e. The van der Waals surface area contributed by atoms with Crippen LogP contribution in [0.15, 0.2) is 47.6 Å². The van der Waals surface area contributed by atoms with Crippen LogP contribution in [0.5, 0.6) is 0 Å². The average Bonchev–Trinajstić information content (AvgIpc) is 2.44. The van der Waals surface area contributed by atoms with Crippen LogP contribution in [0.2, 0.25) is 0 Å². The molecule has 1 heterocycles. The number of amidine groups is 1. The van der Waals surface area contributed by atoms with E-state index >= 15 is 0 Å². The van der Waals surface area contributed by atoms with Crippen molar-refractivity contribution in [1.82, 2.24) is 10.5 Å². The molecule has 2 N–H and O–H groups in total. The maximum Gasteiger partial charge on any atom is 0.416 e. The number of aliphatic imine (C=N–C) groups is 1. The maximum atomic E-state index is 12.9. The monoisotopic (exact) mass is 299 g/mol. The summed E-state index contributed by atoms with van der Waals surface area (Å²) in [5.74, 6) is -1.04. The van der Waals surface area contributed by atoms with Gasteiger partial charge in [-0.3, -0.25) is 10.7 Å². The van der Waals surface area contributed by atoms with Crippen LogP contribution in [-0.4, -0.2) is 16.0 Å². The highest BCUT2D eigenvalue weighted by Crippen LogP contribution is 2.29. The summed E-state index contributed by atoms with van der Waals surface area (Å²) in [5.41, 5.74) is 0.918. The molecule has 0 aliphatic rings. The number of aromatic nitrogens is 1. The number of pyridine rings is 1. The third kappa shape index (κ3) is 3.76. The molecular weight excluding hydrogens is 290 g/mol. The molecule has 0 radical (unpaired) electrons. The van der Waals surface area contributed by atoms with Crippen molar-refractivity contribution in [3.8, 4) is 0 Å². The SMILES string of the molecule is ONC(=Nc1ccnc(F)c1)c1cccc(C(F)(F)F)c1. The van der Waals surface area contributed by atoms with Crippen LogP contribution >= 0.6 is 0 Å². The van der Waals surface area contributed by atoms with Gasteiger partial charge in [-0.05, 0) is 18.2 Å². The van der Waals surface area contributed by atoms with Gasteiger partial charge in [-0.2, -0.15) is 17.6 Å². The predicted octanol–water partition coefficient (Wildman–Crippen LogP) is 3.30. The van der Waals surface area contributed by atoms with Crippen LogP contribution in [0, 0.1) is 5.95 Å². The third-order valence-electron chi connectivity index (χ3n) is 2.52. The molecule has 0 saturated heterocycles. The second-order valence-corrected chi connectivity index (χ2v) is 3.99. The van der Waals surface area contributed by atoms with E-state index in [1.54, 1.807) is 5.48 Å². The van der Waals surface area contributed by atoms with Crippen LogP contribution < -0.4 is 5.48 Å². The van der Waals surface area contributed by atoms with Crippen LogP contribution in [0.1, 0.15) is 11.1 Å².